The van der Waals surface area contributed by atoms with E-state index >= 15 is 0 Å². The molecule has 2 aromatic heterocycles. The highest BCUT2D eigenvalue weighted by Gasteiger charge is 2.10. The fraction of sp³-hybridized carbons (Fsp3) is 0.0833. The number of rotatable bonds is 3. The maximum atomic E-state index is 5.41. The van der Waals surface area contributed by atoms with Crippen molar-refractivity contribution in [2.45, 2.75) is 0 Å². The van der Waals surface area contributed by atoms with Crippen LogP contribution in [-0.4, -0.2) is 26.9 Å². The molecule has 0 unspecified atom stereocenters. The number of anilines is 1. The minimum Gasteiger partial charge on any atom is -0.497 e. The number of nitrogen functional groups attached to an aromatic ring is 1. The molecule has 3 rings (SSSR count). The summed E-state index contributed by atoms with van der Waals surface area (Å²) in [6.07, 6.45) is 3.12. The second kappa shape index (κ2) is 4.54. The van der Waals surface area contributed by atoms with Gasteiger partial charge in [-0.15, -0.1) is 0 Å². The van der Waals surface area contributed by atoms with Crippen LogP contribution in [0.4, 0.5) is 5.82 Å². The van der Waals surface area contributed by atoms with Crippen molar-refractivity contribution in [3.05, 3.63) is 36.8 Å². The molecule has 96 valence electrons. The largest absolute Gasteiger partial charge is 0.497 e. The van der Waals surface area contributed by atoms with Crippen LogP contribution in [0, 0.1) is 0 Å². The average Bonchev–Trinajstić information content (AvgIpc) is 2.91. The van der Waals surface area contributed by atoms with Crippen LogP contribution < -0.4 is 16.0 Å². The number of aromatic nitrogens is 4. The first kappa shape index (κ1) is 11.4. The molecule has 1 aromatic carbocycles. The molecule has 0 spiro atoms. The van der Waals surface area contributed by atoms with E-state index in [1.807, 2.05) is 24.3 Å². The lowest BCUT2D eigenvalue weighted by atomic mass is 10.3. The smallest absolute Gasteiger partial charge is 0.168 e. The Balaban J connectivity index is 2.14. The van der Waals surface area contributed by atoms with Crippen LogP contribution in [0.25, 0.3) is 16.7 Å². The normalized spacial score (nSPS) is 10.6. The molecule has 0 aliphatic carbocycles. The molecule has 0 bridgehead atoms. The number of nitrogens with two attached hydrogens (primary N) is 1. The Morgan fingerprint density at radius 3 is 2.68 bits per heavy atom. The predicted octanol–water partition coefficient (Wildman–Crippen LogP) is 1.11. The highest BCUT2D eigenvalue weighted by molar-refractivity contribution is 5.86. The Morgan fingerprint density at radius 1 is 1.21 bits per heavy atom. The predicted molar refractivity (Wildman–Crippen MR) is 71.0 cm³/mol. The molecular formula is C12H12N6O. The van der Waals surface area contributed by atoms with Gasteiger partial charge < -0.3 is 10.2 Å². The number of hydrogen-bond acceptors (Lipinski definition) is 6. The fourth-order valence-electron chi connectivity index (χ4n) is 1.87. The van der Waals surface area contributed by atoms with Crippen molar-refractivity contribution in [2.24, 2.45) is 5.84 Å². The van der Waals surface area contributed by atoms with Gasteiger partial charge in [0, 0.05) is 0 Å². The fourth-order valence-corrected chi connectivity index (χ4v) is 1.87. The molecule has 0 saturated carbocycles. The maximum Gasteiger partial charge on any atom is 0.168 e. The molecule has 0 radical (unpaired) electrons. The third kappa shape index (κ3) is 1.85. The van der Waals surface area contributed by atoms with Gasteiger partial charge in [0.15, 0.2) is 11.5 Å². The summed E-state index contributed by atoms with van der Waals surface area (Å²) in [6.45, 7) is 0. The summed E-state index contributed by atoms with van der Waals surface area (Å²) in [4.78, 5) is 8.27. The zero-order valence-corrected chi connectivity index (χ0v) is 10.2. The molecule has 0 aliphatic heterocycles. The summed E-state index contributed by atoms with van der Waals surface area (Å²) in [6, 6.07) is 7.55. The summed E-state index contributed by atoms with van der Waals surface area (Å²) in [5, 5.41) is 5.07. The number of ether oxygens (including phenoxy) is 1. The van der Waals surface area contributed by atoms with E-state index in [0.717, 1.165) is 16.8 Å². The molecule has 19 heavy (non-hydrogen) atoms. The number of hydrazine groups is 1. The molecule has 7 nitrogen and oxygen atoms in total. The molecule has 3 N–H and O–H groups in total. The molecular weight excluding hydrogens is 244 g/mol. The first-order chi connectivity index (χ1) is 9.33. The van der Waals surface area contributed by atoms with Crippen LogP contribution in [0.3, 0.4) is 0 Å². The third-order valence-electron chi connectivity index (χ3n) is 2.82. The molecule has 2 heterocycles. The minimum absolute atomic E-state index is 0.546. The summed E-state index contributed by atoms with van der Waals surface area (Å²) in [7, 11) is 1.63. The lowest BCUT2D eigenvalue weighted by Crippen LogP contribution is -2.09. The van der Waals surface area contributed by atoms with Crippen molar-refractivity contribution in [3.8, 4) is 11.4 Å². The highest BCUT2D eigenvalue weighted by Crippen LogP contribution is 2.22. The lowest BCUT2D eigenvalue weighted by molar-refractivity contribution is 0.414. The van der Waals surface area contributed by atoms with E-state index in [9.17, 15) is 0 Å². The quantitative estimate of drug-likeness (QED) is 0.539. The highest BCUT2D eigenvalue weighted by atomic mass is 16.5. The van der Waals surface area contributed by atoms with Crippen LogP contribution in [0.5, 0.6) is 5.75 Å². The topological polar surface area (TPSA) is 90.9 Å². The summed E-state index contributed by atoms with van der Waals surface area (Å²) < 4.78 is 6.85. The van der Waals surface area contributed by atoms with E-state index in [1.165, 1.54) is 6.33 Å². The Labute approximate surface area is 109 Å². The van der Waals surface area contributed by atoms with E-state index < -0.39 is 0 Å². The molecule has 0 atom stereocenters. The zero-order valence-electron chi connectivity index (χ0n) is 10.2. The van der Waals surface area contributed by atoms with E-state index in [-0.39, 0.29) is 0 Å². The molecule has 0 aliphatic rings. The van der Waals surface area contributed by atoms with Crippen LogP contribution in [0.1, 0.15) is 0 Å². The maximum absolute atomic E-state index is 5.41. The van der Waals surface area contributed by atoms with Crippen LogP contribution in [0.2, 0.25) is 0 Å². The van der Waals surface area contributed by atoms with E-state index in [2.05, 4.69) is 20.5 Å². The van der Waals surface area contributed by atoms with Crippen LogP contribution >= 0.6 is 0 Å². The van der Waals surface area contributed by atoms with Crippen molar-refractivity contribution < 1.29 is 4.74 Å². The third-order valence-corrected chi connectivity index (χ3v) is 2.82. The van der Waals surface area contributed by atoms with Crippen molar-refractivity contribution in [3.63, 3.8) is 0 Å². The molecule has 7 heteroatoms. The zero-order chi connectivity index (χ0) is 13.2. The SMILES string of the molecule is COc1ccc(-n2ncc3c(NN)ncnc32)cc1. The number of nitrogens with one attached hydrogen (secondary N) is 1. The number of hydrogen-bond donors (Lipinski definition) is 2. The van der Waals surface area contributed by atoms with Gasteiger partial charge in [-0.1, -0.05) is 0 Å². The average molecular weight is 256 g/mol. The van der Waals surface area contributed by atoms with Crippen molar-refractivity contribution in [2.75, 3.05) is 12.5 Å². The number of nitrogens with zero attached hydrogens (tertiary/aromatic N) is 4. The summed E-state index contributed by atoms with van der Waals surface area (Å²) in [5.74, 6) is 6.74. The standard InChI is InChI=1S/C12H12N6O/c1-19-9-4-2-8(3-5-9)18-12-10(6-16-18)11(17-13)14-7-15-12/h2-7H,13H2,1H3,(H,14,15,17). The molecule has 3 aromatic rings. The van der Waals surface area contributed by atoms with Crippen molar-refractivity contribution >= 4 is 16.9 Å². The Kier molecular flexibility index (Phi) is 2.73. The Morgan fingerprint density at radius 2 is 2.00 bits per heavy atom. The van der Waals surface area contributed by atoms with Gasteiger partial charge in [0.1, 0.15) is 12.1 Å². The van der Waals surface area contributed by atoms with Gasteiger partial charge in [-0.2, -0.15) is 5.10 Å². The number of benzene rings is 1. The van der Waals surface area contributed by atoms with Gasteiger partial charge in [0.2, 0.25) is 0 Å². The number of methoxy groups -OCH3 is 1. The second-order valence-electron chi connectivity index (χ2n) is 3.86. The Bertz CT molecular complexity index is 706. The van der Waals surface area contributed by atoms with Gasteiger partial charge >= 0.3 is 0 Å². The van der Waals surface area contributed by atoms with Crippen molar-refractivity contribution in [1.29, 1.82) is 0 Å². The lowest BCUT2D eigenvalue weighted by Gasteiger charge is -2.05. The first-order valence-corrected chi connectivity index (χ1v) is 5.63. The molecule has 0 fully saturated rings. The van der Waals surface area contributed by atoms with Crippen LogP contribution in [0.15, 0.2) is 36.8 Å². The van der Waals surface area contributed by atoms with E-state index in [0.29, 0.717) is 11.5 Å². The van der Waals surface area contributed by atoms with E-state index in [4.69, 9.17) is 10.6 Å². The van der Waals surface area contributed by atoms with Gasteiger partial charge in [-0.25, -0.2) is 20.5 Å². The monoisotopic (exact) mass is 256 g/mol. The van der Waals surface area contributed by atoms with Gasteiger partial charge in [0.25, 0.3) is 0 Å². The van der Waals surface area contributed by atoms with Crippen molar-refractivity contribution in [1.82, 2.24) is 19.7 Å². The number of fused-ring (bicyclic) bond motifs is 1. The van der Waals surface area contributed by atoms with Crippen LogP contribution in [-0.2, 0) is 0 Å². The molecule has 0 saturated heterocycles. The van der Waals surface area contributed by atoms with Gasteiger partial charge in [-0.05, 0) is 24.3 Å². The summed E-state index contributed by atoms with van der Waals surface area (Å²) in [5.41, 5.74) is 4.10. The molecule has 0 amide bonds. The Hall–Kier alpha value is -2.67. The summed E-state index contributed by atoms with van der Waals surface area (Å²) >= 11 is 0. The van der Waals surface area contributed by atoms with E-state index in [1.54, 1.807) is 18.0 Å². The minimum atomic E-state index is 0.546. The second-order valence-corrected chi connectivity index (χ2v) is 3.86. The van der Waals surface area contributed by atoms with Gasteiger partial charge in [-0.3, -0.25) is 0 Å². The van der Waals surface area contributed by atoms with Gasteiger partial charge in [0.05, 0.1) is 24.4 Å². The first-order valence-electron chi connectivity index (χ1n) is 5.63.